The first-order chi connectivity index (χ1) is 25.1. The normalized spacial score (nSPS) is 11.5. The van der Waals surface area contributed by atoms with Gasteiger partial charge in [0, 0.05) is 32.5 Å². The number of hydrogen-bond acceptors (Lipinski definition) is 7. The molecule has 0 fully saturated rings. The van der Waals surface area contributed by atoms with Crippen LogP contribution in [0.25, 0.3) is 0 Å². The lowest BCUT2D eigenvalue weighted by Crippen LogP contribution is -2.34. The van der Waals surface area contributed by atoms with Gasteiger partial charge in [-0.15, -0.1) is 0 Å². The molecule has 0 bridgehead atoms. The minimum Gasteiger partial charge on any atom is -0.466 e. The molecule has 0 aromatic heterocycles. The number of carbonyl (C=O) groups is 2. The van der Waals surface area contributed by atoms with Gasteiger partial charge < -0.3 is 30.3 Å². The van der Waals surface area contributed by atoms with E-state index in [-0.39, 0.29) is 12.6 Å². The molecule has 0 saturated heterocycles. The lowest BCUT2D eigenvalue weighted by Gasteiger charge is -2.23. The summed E-state index contributed by atoms with van der Waals surface area (Å²) in [5.41, 5.74) is 0. The minimum atomic E-state index is -0.0585. The molecule has 0 unspecified atom stereocenters. The maximum absolute atomic E-state index is 13.1. The molecule has 0 rings (SSSR count). The highest BCUT2D eigenvalue weighted by Crippen LogP contribution is 2.12. The Morgan fingerprint density at radius 1 is 0.471 bits per heavy atom. The Kier molecular flexibility index (Phi) is 40.5. The second kappa shape index (κ2) is 41.5. The van der Waals surface area contributed by atoms with Crippen molar-refractivity contribution in [3.63, 3.8) is 0 Å². The van der Waals surface area contributed by atoms with Gasteiger partial charge >= 0.3 is 5.97 Å². The molecular weight excluding hydrogens is 636 g/mol. The fraction of sp³-hybridized carbons (Fsp3) is 0.953. The van der Waals surface area contributed by atoms with Crippen LogP contribution < -0.4 is 10.6 Å². The van der Waals surface area contributed by atoms with Crippen molar-refractivity contribution in [1.82, 2.24) is 20.4 Å². The predicted molar refractivity (Wildman–Crippen MR) is 218 cm³/mol. The number of hydrogen-bond donors (Lipinski definition) is 3. The molecule has 1 amide bonds. The fourth-order valence-corrected chi connectivity index (χ4v) is 6.59. The molecule has 0 aliphatic heterocycles. The molecule has 3 N–H and O–H groups in total. The highest BCUT2D eigenvalue weighted by atomic mass is 16.5. The standard InChI is InChI=1S/C43H88N4O4/c1-4-7-10-12-17-26-37-47(38-28-34-44-31-9-6-3)42(49)29-20-15-13-14-16-24-35-46(39-40-48)36-25-18-21-30-43(50)51-41-27-19-23-33-45-32-22-11-8-5-2/h44-45,48H,4-41H2,1-3H3. The van der Waals surface area contributed by atoms with Gasteiger partial charge in [0.05, 0.1) is 13.2 Å². The van der Waals surface area contributed by atoms with Gasteiger partial charge in [-0.05, 0) is 110 Å². The summed E-state index contributed by atoms with van der Waals surface area (Å²) in [5, 5.41) is 16.6. The van der Waals surface area contributed by atoms with Crippen LogP contribution >= 0.6 is 0 Å². The van der Waals surface area contributed by atoms with Crippen LogP contribution in [0.5, 0.6) is 0 Å². The molecule has 0 atom stereocenters. The van der Waals surface area contributed by atoms with Gasteiger partial charge in [0.15, 0.2) is 0 Å². The monoisotopic (exact) mass is 725 g/mol. The van der Waals surface area contributed by atoms with E-state index >= 15 is 0 Å². The molecule has 0 aliphatic rings. The maximum Gasteiger partial charge on any atom is 0.305 e. The average Bonchev–Trinajstić information content (AvgIpc) is 3.13. The van der Waals surface area contributed by atoms with Crippen LogP contribution in [0, 0.1) is 0 Å². The van der Waals surface area contributed by atoms with E-state index in [1.807, 2.05) is 0 Å². The quantitative estimate of drug-likeness (QED) is 0.0427. The van der Waals surface area contributed by atoms with Crippen LogP contribution in [0.1, 0.15) is 194 Å². The molecule has 51 heavy (non-hydrogen) atoms. The van der Waals surface area contributed by atoms with Crippen LogP contribution in [0.15, 0.2) is 0 Å². The molecule has 8 nitrogen and oxygen atoms in total. The van der Waals surface area contributed by atoms with Gasteiger partial charge in [-0.1, -0.05) is 111 Å². The summed E-state index contributed by atoms with van der Waals surface area (Å²) in [4.78, 5) is 29.7. The third kappa shape index (κ3) is 36.9. The van der Waals surface area contributed by atoms with Crippen molar-refractivity contribution in [1.29, 1.82) is 0 Å². The zero-order valence-electron chi connectivity index (χ0n) is 34.4. The van der Waals surface area contributed by atoms with Crippen molar-refractivity contribution in [2.24, 2.45) is 0 Å². The number of esters is 1. The number of aliphatic hydroxyl groups excluding tert-OH is 1. The molecular formula is C43H88N4O4. The van der Waals surface area contributed by atoms with Gasteiger partial charge in [-0.2, -0.15) is 0 Å². The smallest absolute Gasteiger partial charge is 0.305 e. The summed E-state index contributed by atoms with van der Waals surface area (Å²) in [6.45, 7) is 16.3. The Labute approximate surface area is 317 Å². The molecule has 0 radical (unpaired) electrons. The van der Waals surface area contributed by atoms with Gasteiger partial charge in [0.25, 0.3) is 0 Å². The van der Waals surface area contributed by atoms with Crippen LogP contribution in [-0.2, 0) is 14.3 Å². The zero-order valence-corrected chi connectivity index (χ0v) is 34.4. The van der Waals surface area contributed by atoms with Crippen LogP contribution in [0.3, 0.4) is 0 Å². The van der Waals surface area contributed by atoms with Crippen molar-refractivity contribution in [2.45, 2.75) is 194 Å². The van der Waals surface area contributed by atoms with Gasteiger partial charge in [-0.25, -0.2) is 0 Å². The van der Waals surface area contributed by atoms with E-state index in [0.717, 1.165) is 130 Å². The van der Waals surface area contributed by atoms with E-state index in [1.165, 1.54) is 89.9 Å². The number of nitrogens with zero attached hydrogens (tertiary/aromatic N) is 2. The van der Waals surface area contributed by atoms with E-state index in [4.69, 9.17) is 4.74 Å². The molecule has 0 spiro atoms. The van der Waals surface area contributed by atoms with E-state index in [1.54, 1.807) is 0 Å². The Balaban J connectivity index is 3.93. The van der Waals surface area contributed by atoms with E-state index in [0.29, 0.717) is 25.4 Å². The van der Waals surface area contributed by atoms with Crippen molar-refractivity contribution in [3.05, 3.63) is 0 Å². The molecule has 304 valence electrons. The molecule has 8 heteroatoms. The first-order valence-electron chi connectivity index (χ1n) is 22.3. The Morgan fingerprint density at radius 3 is 1.55 bits per heavy atom. The summed E-state index contributed by atoms with van der Waals surface area (Å²) >= 11 is 0. The summed E-state index contributed by atoms with van der Waals surface area (Å²) in [6.07, 6.45) is 30.6. The molecule has 0 heterocycles. The van der Waals surface area contributed by atoms with E-state index < -0.39 is 0 Å². The molecule has 0 saturated carbocycles. The predicted octanol–water partition coefficient (Wildman–Crippen LogP) is 9.42. The summed E-state index contributed by atoms with van der Waals surface area (Å²) in [6, 6.07) is 0. The van der Waals surface area contributed by atoms with Crippen LogP contribution in [0.4, 0.5) is 0 Å². The fourth-order valence-electron chi connectivity index (χ4n) is 6.59. The summed E-state index contributed by atoms with van der Waals surface area (Å²) in [7, 11) is 0. The van der Waals surface area contributed by atoms with E-state index in [9.17, 15) is 14.7 Å². The average molecular weight is 725 g/mol. The Morgan fingerprint density at radius 2 is 0.922 bits per heavy atom. The minimum absolute atomic E-state index is 0.0585. The van der Waals surface area contributed by atoms with Crippen molar-refractivity contribution in [2.75, 3.05) is 72.1 Å². The van der Waals surface area contributed by atoms with Crippen LogP contribution in [0.2, 0.25) is 0 Å². The SMILES string of the molecule is CCCCCCCCN(CCCNCCCC)C(=O)CCCCCCCCN(CCO)CCCCCC(=O)OCCCCCNCCCCCC. The Bertz CT molecular complexity index is 710. The molecule has 0 aromatic rings. The number of unbranched alkanes of at least 4 members (excludes halogenated alkanes) is 18. The number of ether oxygens (including phenoxy) is 1. The second-order valence-corrected chi connectivity index (χ2v) is 14.9. The third-order valence-corrected chi connectivity index (χ3v) is 9.98. The van der Waals surface area contributed by atoms with Crippen molar-refractivity contribution < 1.29 is 19.4 Å². The highest BCUT2D eigenvalue weighted by molar-refractivity contribution is 5.76. The zero-order chi connectivity index (χ0) is 37.3. The van der Waals surface area contributed by atoms with Gasteiger partial charge in [-0.3, -0.25) is 9.59 Å². The number of nitrogens with one attached hydrogen (secondary N) is 2. The summed E-state index contributed by atoms with van der Waals surface area (Å²) < 4.78 is 5.43. The first kappa shape index (κ1) is 49.8. The third-order valence-electron chi connectivity index (χ3n) is 9.98. The number of rotatable bonds is 42. The largest absolute Gasteiger partial charge is 0.466 e. The topological polar surface area (TPSA) is 94.1 Å². The van der Waals surface area contributed by atoms with Gasteiger partial charge in [0.1, 0.15) is 0 Å². The molecule has 0 aliphatic carbocycles. The maximum atomic E-state index is 13.1. The number of amides is 1. The second-order valence-electron chi connectivity index (χ2n) is 14.9. The number of aliphatic hydroxyl groups is 1. The van der Waals surface area contributed by atoms with Crippen molar-refractivity contribution >= 4 is 11.9 Å². The van der Waals surface area contributed by atoms with Crippen molar-refractivity contribution in [3.8, 4) is 0 Å². The first-order valence-corrected chi connectivity index (χ1v) is 22.3. The molecule has 0 aromatic carbocycles. The van der Waals surface area contributed by atoms with E-state index in [2.05, 4.69) is 41.2 Å². The highest BCUT2D eigenvalue weighted by Gasteiger charge is 2.13. The summed E-state index contributed by atoms with van der Waals surface area (Å²) in [5.74, 6) is 0.299. The lowest BCUT2D eigenvalue weighted by molar-refractivity contribution is -0.144. The van der Waals surface area contributed by atoms with Crippen LogP contribution in [-0.4, -0.2) is 98.9 Å². The lowest BCUT2D eigenvalue weighted by atomic mass is 10.1. The number of carbonyl (C=O) groups excluding carboxylic acids is 2. The Hall–Kier alpha value is -1.22. The van der Waals surface area contributed by atoms with Gasteiger partial charge in [0.2, 0.25) is 5.91 Å².